The molecule has 1 aromatic rings. The Morgan fingerprint density at radius 3 is 2.52 bits per heavy atom. The standard InChI is InChI=1S/C17H27Cl2O3P/c1-3-5-8-14(4-2)13-15-9-6-7-10-16(15)23(20,21)22-12-11-17(18)19/h6-7,9-10,14,17H,3-5,8,11-13H2,1-2H3,(H,20,21). The Labute approximate surface area is 149 Å². The molecule has 23 heavy (non-hydrogen) atoms. The van der Waals surface area contributed by atoms with Crippen molar-refractivity contribution in [3.63, 3.8) is 0 Å². The molecule has 0 saturated carbocycles. The molecule has 0 aliphatic heterocycles. The van der Waals surface area contributed by atoms with Crippen molar-refractivity contribution >= 4 is 36.1 Å². The molecular weight excluding hydrogens is 354 g/mol. The number of halogens is 2. The summed E-state index contributed by atoms with van der Waals surface area (Å²) in [7, 11) is -3.85. The van der Waals surface area contributed by atoms with E-state index < -0.39 is 12.4 Å². The van der Waals surface area contributed by atoms with Crippen molar-refractivity contribution in [2.24, 2.45) is 5.92 Å². The van der Waals surface area contributed by atoms with Gasteiger partial charge in [-0.05, 0) is 24.0 Å². The van der Waals surface area contributed by atoms with Crippen LogP contribution in [-0.4, -0.2) is 16.3 Å². The smallest absolute Gasteiger partial charge is 0.321 e. The van der Waals surface area contributed by atoms with Crippen LogP contribution in [-0.2, 0) is 15.5 Å². The lowest BCUT2D eigenvalue weighted by Crippen LogP contribution is -2.17. The molecule has 0 aromatic heterocycles. The van der Waals surface area contributed by atoms with E-state index in [1.54, 1.807) is 12.1 Å². The van der Waals surface area contributed by atoms with Gasteiger partial charge in [0.25, 0.3) is 0 Å². The molecule has 0 aliphatic rings. The highest BCUT2D eigenvalue weighted by atomic mass is 35.5. The van der Waals surface area contributed by atoms with Crippen LogP contribution in [0.4, 0.5) is 0 Å². The number of rotatable bonds is 11. The quantitative estimate of drug-likeness (QED) is 0.409. The van der Waals surface area contributed by atoms with E-state index in [0.29, 0.717) is 17.6 Å². The first-order valence-electron chi connectivity index (χ1n) is 8.24. The average Bonchev–Trinajstić information content (AvgIpc) is 2.51. The predicted molar refractivity (Wildman–Crippen MR) is 99.0 cm³/mol. The fourth-order valence-electron chi connectivity index (χ4n) is 2.55. The highest BCUT2D eigenvalue weighted by molar-refractivity contribution is 7.61. The molecule has 132 valence electrons. The molecule has 2 unspecified atom stereocenters. The summed E-state index contributed by atoms with van der Waals surface area (Å²) in [6.07, 6.45) is 5.67. The van der Waals surface area contributed by atoms with Crippen molar-refractivity contribution in [2.75, 3.05) is 6.61 Å². The van der Waals surface area contributed by atoms with Gasteiger partial charge in [-0.25, -0.2) is 0 Å². The maximum Gasteiger partial charge on any atom is 0.359 e. The molecule has 0 bridgehead atoms. The highest BCUT2D eigenvalue weighted by Gasteiger charge is 2.26. The van der Waals surface area contributed by atoms with Crippen LogP contribution in [0.15, 0.2) is 24.3 Å². The topological polar surface area (TPSA) is 46.5 Å². The first-order valence-corrected chi connectivity index (χ1v) is 10.7. The van der Waals surface area contributed by atoms with Crippen molar-refractivity contribution in [3.05, 3.63) is 29.8 Å². The number of benzene rings is 1. The second-order valence-corrected chi connectivity index (χ2v) is 8.84. The lowest BCUT2D eigenvalue weighted by atomic mass is 9.92. The molecule has 1 aromatic carbocycles. The summed E-state index contributed by atoms with van der Waals surface area (Å²) in [6.45, 7) is 4.41. The van der Waals surface area contributed by atoms with Gasteiger partial charge < -0.3 is 9.42 Å². The Hall–Kier alpha value is -0.0500. The third-order valence-corrected chi connectivity index (χ3v) is 5.96. The van der Waals surface area contributed by atoms with E-state index in [4.69, 9.17) is 27.7 Å². The first-order chi connectivity index (χ1) is 10.9. The number of hydrogen-bond donors (Lipinski definition) is 1. The monoisotopic (exact) mass is 380 g/mol. The van der Waals surface area contributed by atoms with E-state index in [-0.39, 0.29) is 6.61 Å². The van der Waals surface area contributed by atoms with Gasteiger partial charge in [0.15, 0.2) is 0 Å². The average molecular weight is 381 g/mol. The van der Waals surface area contributed by atoms with Gasteiger partial charge in [0.05, 0.1) is 11.9 Å². The molecule has 3 nitrogen and oxygen atoms in total. The minimum atomic E-state index is -3.85. The normalized spacial score (nSPS) is 15.6. The SMILES string of the molecule is CCCCC(CC)Cc1ccccc1P(=O)(O)OCCC(Cl)Cl. The summed E-state index contributed by atoms with van der Waals surface area (Å²) in [6, 6.07) is 7.27. The molecule has 0 radical (unpaired) electrons. The molecular formula is C17H27Cl2O3P. The molecule has 2 atom stereocenters. The highest BCUT2D eigenvalue weighted by Crippen LogP contribution is 2.42. The van der Waals surface area contributed by atoms with Crippen molar-refractivity contribution in [2.45, 2.75) is 57.2 Å². The first kappa shape index (κ1) is 21.0. The summed E-state index contributed by atoms with van der Waals surface area (Å²) in [5.41, 5.74) is 0.898. The molecule has 0 saturated heterocycles. The zero-order valence-corrected chi connectivity index (χ0v) is 16.3. The summed E-state index contributed by atoms with van der Waals surface area (Å²) < 4.78 is 17.8. The lowest BCUT2D eigenvalue weighted by Gasteiger charge is -2.20. The number of alkyl halides is 2. The molecule has 0 fully saturated rings. The minimum absolute atomic E-state index is 0.0623. The minimum Gasteiger partial charge on any atom is -0.321 e. The molecule has 0 aliphatic carbocycles. The third-order valence-electron chi connectivity index (χ3n) is 3.95. The van der Waals surface area contributed by atoms with Gasteiger partial charge in [-0.2, -0.15) is 0 Å². The maximum atomic E-state index is 12.5. The van der Waals surface area contributed by atoms with Crippen LogP contribution < -0.4 is 5.30 Å². The maximum absolute atomic E-state index is 12.5. The van der Waals surface area contributed by atoms with Gasteiger partial charge >= 0.3 is 7.60 Å². The molecule has 0 amide bonds. The van der Waals surface area contributed by atoms with Crippen LogP contribution in [0.3, 0.4) is 0 Å². The van der Waals surface area contributed by atoms with Crippen LogP contribution in [0.5, 0.6) is 0 Å². The van der Waals surface area contributed by atoms with E-state index in [1.165, 1.54) is 6.42 Å². The van der Waals surface area contributed by atoms with Gasteiger partial charge in [0.1, 0.15) is 4.84 Å². The van der Waals surface area contributed by atoms with Crippen molar-refractivity contribution < 1.29 is 14.0 Å². The Balaban J connectivity index is 2.84. The fraction of sp³-hybridized carbons (Fsp3) is 0.647. The van der Waals surface area contributed by atoms with Crippen LogP contribution in [0, 0.1) is 5.92 Å². The van der Waals surface area contributed by atoms with Crippen LogP contribution in [0.1, 0.15) is 51.5 Å². The van der Waals surface area contributed by atoms with E-state index in [1.807, 2.05) is 12.1 Å². The fourth-order valence-corrected chi connectivity index (χ4v) is 4.02. The van der Waals surface area contributed by atoms with Crippen LogP contribution in [0.2, 0.25) is 0 Å². The van der Waals surface area contributed by atoms with Crippen LogP contribution in [0.25, 0.3) is 0 Å². The summed E-state index contributed by atoms with van der Waals surface area (Å²) in [4.78, 5) is 9.69. The second kappa shape index (κ2) is 10.7. The van der Waals surface area contributed by atoms with Crippen molar-refractivity contribution in [1.29, 1.82) is 0 Å². The Morgan fingerprint density at radius 1 is 1.22 bits per heavy atom. The predicted octanol–water partition coefficient (Wildman–Crippen LogP) is 5.47. The van der Waals surface area contributed by atoms with Gasteiger partial charge in [0, 0.05) is 6.42 Å². The van der Waals surface area contributed by atoms with Gasteiger partial charge in [0.2, 0.25) is 0 Å². The molecule has 1 N–H and O–H groups in total. The number of hydrogen-bond acceptors (Lipinski definition) is 2. The van der Waals surface area contributed by atoms with E-state index in [2.05, 4.69) is 13.8 Å². The Bertz CT molecular complexity index is 508. The lowest BCUT2D eigenvalue weighted by molar-refractivity contribution is 0.268. The zero-order valence-electron chi connectivity index (χ0n) is 13.9. The summed E-state index contributed by atoms with van der Waals surface area (Å²) >= 11 is 11.3. The molecule has 6 heteroatoms. The molecule has 0 spiro atoms. The van der Waals surface area contributed by atoms with Crippen LogP contribution >= 0.6 is 30.8 Å². The van der Waals surface area contributed by atoms with Gasteiger partial charge in [-0.3, -0.25) is 4.57 Å². The van der Waals surface area contributed by atoms with Gasteiger partial charge in [-0.1, -0.05) is 57.7 Å². The third kappa shape index (κ3) is 7.58. The number of unbranched alkanes of at least 4 members (excludes halogenated alkanes) is 1. The summed E-state index contributed by atoms with van der Waals surface area (Å²) in [5.74, 6) is 0.520. The molecule has 0 heterocycles. The summed E-state index contributed by atoms with van der Waals surface area (Å²) in [5, 5.41) is 0.399. The van der Waals surface area contributed by atoms with E-state index in [9.17, 15) is 9.46 Å². The second-order valence-electron chi connectivity index (χ2n) is 5.78. The van der Waals surface area contributed by atoms with Crippen molar-refractivity contribution in [1.82, 2.24) is 0 Å². The van der Waals surface area contributed by atoms with Gasteiger partial charge in [-0.15, -0.1) is 23.2 Å². The van der Waals surface area contributed by atoms with Crippen molar-refractivity contribution in [3.8, 4) is 0 Å². The largest absolute Gasteiger partial charge is 0.359 e. The van der Waals surface area contributed by atoms with E-state index in [0.717, 1.165) is 31.2 Å². The van der Waals surface area contributed by atoms with E-state index >= 15 is 0 Å². The zero-order chi connectivity index (χ0) is 17.3. The Kier molecular flexibility index (Phi) is 9.80. The molecule has 1 rings (SSSR count). The Morgan fingerprint density at radius 2 is 1.91 bits per heavy atom.